The molecule has 0 aliphatic carbocycles. The number of carbonyl (C=O) groups is 2. The SMILES string of the molecule is COC(=O)c1ccc(NC(=O)CCCCCN)c(C)c1. The first-order valence-electron chi connectivity index (χ1n) is 6.77. The van der Waals surface area contributed by atoms with E-state index < -0.39 is 0 Å². The van der Waals surface area contributed by atoms with Gasteiger partial charge in [0.15, 0.2) is 0 Å². The number of hydrogen-bond donors (Lipinski definition) is 2. The molecule has 5 nitrogen and oxygen atoms in total. The summed E-state index contributed by atoms with van der Waals surface area (Å²) in [6.45, 7) is 2.51. The summed E-state index contributed by atoms with van der Waals surface area (Å²) >= 11 is 0. The molecule has 0 atom stereocenters. The van der Waals surface area contributed by atoms with Crippen molar-refractivity contribution < 1.29 is 14.3 Å². The monoisotopic (exact) mass is 278 g/mol. The van der Waals surface area contributed by atoms with E-state index in [1.54, 1.807) is 18.2 Å². The van der Waals surface area contributed by atoms with E-state index in [9.17, 15) is 9.59 Å². The average Bonchev–Trinajstić information content (AvgIpc) is 2.45. The van der Waals surface area contributed by atoms with Gasteiger partial charge in [-0.25, -0.2) is 4.79 Å². The van der Waals surface area contributed by atoms with Crippen molar-refractivity contribution in [3.05, 3.63) is 29.3 Å². The summed E-state index contributed by atoms with van der Waals surface area (Å²) in [4.78, 5) is 23.2. The molecule has 0 heterocycles. The standard InChI is InChI=1S/C15H22N2O3/c1-11-10-12(15(19)20-2)7-8-13(11)17-14(18)6-4-3-5-9-16/h7-8,10H,3-6,9,16H2,1-2H3,(H,17,18). The number of aryl methyl sites for hydroxylation is 1. The van der Waals surface area contributed by atoms with Gasteiger partial charge < -0.3 is 15.8 Å². The van der Waals surface area contributed by atoms with Crippen molar-refractivity contribution in [2.75, 3.05) is 19.0 Å². The maximum absolute atomic E-state index is 11.8. The number of unbranched alkanes of at least 4 members (excludes halogenated alkanes) is 2. The molecule has 3 N–H and O–H groups in total. The Morgan fingerprint density at radius 3 is 2.60 bits per heavy atom. The molecular weight excluding hydrogens is 256 g/mol. The highest BCUT2D eigenvalue weighted by Gasteiger charge is 2.09. The van der Waals surface area contributed by atoms with Gasteiger partial charge in [0.05, 0.1) is 12.7 Å². The third-order valence-electron chi connectivity index (χ3n) is 3.03. The summed E-state index contributed by atoms with van der Waals surface area (Å²) in [6, 6.07) is 5.07. The Balaban J connectivity index is 2.55. The number of rotatable bonds is 7. The fourth-order valence-electron chi connectivity index (χ4n) is 1.87. The first kappa shape index (κ1) is 16.2. The fraction of sp³-hybridized carbons (Fsp3) is 0.467. The van der Waals surface area contributed by atoms with Crippen LogP contribution in [0.1, 0.15) is 41.6 Å². The Labute approximate surface area is 119 Å². The van der Waals surface area contributed by atoms with Gasteiger partial charge in [-0.1, -0.05) is 6.42 Å². The van der Waals surface area contributed by atoms with Crippen LogP contribution < -0.4 is 11.1 Å². The number of amides is 1. The summed E-state index contributed by atoms with van der Waals surface area (Å²) in [5.41, 5.74) is 7.44. The van der Waals surface area contributed by atoms with Crippen LogP contribution in [0.4, 0.5) is 5.69 Å². The van der Waals surface area contributed by atoms with Gasteiger partial charge in [-0.05, 0) is 50.1 Å². The molecule has 5 heteroatoms. The van der Waals surface area contributed by atoms with Gasteiger partial charge >= 0.3 is 5.97 Å². The second-order valence-corrected chi connectivity index (χ2v) is 4.67. The molecule has 0 aromatic heterocycles. The van der Waals surface area contributed by atoms with E-state index >= 15 is 0 Å². The fourth-order valence-corrected chi connectivity index (χ4v) is 1.87. The van der Waals surface area contributed by atoms with E-state index in [2.05, 4.69) is 10.1 Å². The molecule has 0 aliphatic rings. The summed E-state index contributed by atoms with van der Waals surface area (Å²) in [7, 11) is 1.34. The van der Waals surface area contributed by atoms with E-state index in [0.717, 1.165) is 30.5 Å². The maximum atomic E-state index is 11.8. The molecule has 110 valence electrons. The van der Waals surface area contributed by atoms with Crippen molar-refractivity contribution in [1.29, 1.82) is 0 Å². The summed E-state index contributed by atoms with van der Waals surface area (Å²) in [5, 5.41) is 2.85. The van der Waals surface area contributed by atoms with Crippen LogP contribution in [-0.4, -0.2) is 25.5 Å². The van der Waals surface area contributed by atoms with Crippen molar-refractivity contribution in [2.45, 2.75) is 32.6 Å². The number of anilines is 1. The molecule has 0 unspecified atom stereocenters. The molecule has 0 aliphatic heterocycles. The molecule has 0 spiro atoms. The van der Waals surface area contributed by atoms with Crippen LogP contribution in [-0.2, 0) is 9.53 Å². The maximum Gasteiger partial charge on any atom is 0.337 e. The van der Waals surface area contributed by atoms with Crippen LogP contribution in [0.15, 0.2) is 18.2 Å². The van der Waals surface area contributed by atoms with Crippen molar-refractivity contribution in [1.82, 2.24) is 0 Å². The Hall–Kier alpha value is -1.88. The minimum atomic E-state index is -0.382. The number of nitrogens with two attached hydrogens (primary N) is 1. The van der Waals surface area contributed by atoms with E-state index in [0.29, 0.717) is 18.5 Å². The number of esters is 1. The van der Waals surface area contributed by atoms with Crippen LogP contribution in [0, 0.1) is 6.92 Å². The number of benzene rings is 1. The van der Waals surface area contributed by atoms with Crippen molar-refractivity contribution in [3.63, 3.8) is 0 Å². The summed E-state index contributed by atoms with van der Waals surface area (Å²) in [5.74, 6) is -0.399. The van der Waals surface area contributed by atoms with Crippen molar-refractivity contribution >= 4 is 17.6 Å². The molecule has 0 saturated heterocycles. The molecule has 0 radical (unpaired) electrons. The lowest BCUT2D eigenvalue weighted by Crippen LogP contribution is -2.13. The van der Waals surface area contributed by atoms with Crippen molar-refractivity contribution in [3.8, 4) is 0 Å². The highest BCUT2D eigenvalue weighted by molar-refractivity contribution is 5.94. The van der Waals surface area contributed by atoms with Gasteiger partial charge in [0.25, 0.3) is 0 Å². The Morgan fingerprint density at radius 2 is 2.00 bits per heavy atom. The molecule has 1 aromatic rings. The average molecular weight is 278 g/mol. The van der Waals surface area contributed by atoms with E-state index in [-0.39, 0.29) is 11.9 Å². The van der Waals surface area contributed by atoms with Gasteiger partial charge in [-0.2, -0.15) is 0 Å². The van der Waals surface area contributed by atoms with Crippen LogP contribution in [0.2, 0.25) is 0 Å². The summed E-state index contributed by atoms with van der Waals surface area (Å²) < 4.78 is 4.65. The topological polar surface area (TPSA) is 81.4 Å². The molecule has 0 bridgehead atoms. The van der Waals surface area contributed by atoms with Crippen LogP contribution in [0.25, 0.3) is 0 Å². The van der Waals surface area contributed by atoms with E-state index in [4.69, 9.17) is 5.73 Å². The Kier molecular flexibility index (Phi) is 6.73. The lowest BCUT2D eigenvalue weighted by atomic mass is 10.1. The first-order chi connectivity index (χ1) is 9.58. The van der Waals surface area contributed by atoms with Gasteiger partial charge in [0.2, 0.25) is 5.91 Å². The van der Waals surface area contributed by atoms with Crippen LogP contribution in [0.3, 0.4) is 0 Å². The number of carbonyl (C=O) groups excluding carboxylic acids is 2. The highest BCUT2D eigenvalue weighted by Crippen LogP contribution is 2.17. The molecule has 1 aromatic carbocycles. The normalized spacial score (nSPS) is 10.2. The third-order valence-corrected chi connectivity index (χ3v) is 3.03. The van der Waals surface area contributed by atoms with Gasteiger partial charge in [-0.15, -0.1) is 0 Å². The Bertz CT molecular complexity index is 472. The second-order valence-electron chi connectivity index (χ2n) is 4.67. The number of methoxy groups -OCH3 is 1. The highest BCUT2D eigenvalue weighted by atomic mass is 16.5. The smallest absolute Gasteiger partial charge is 0.337 e. The van der Waals surface area contributed by atoms with Crippen LogP contribution >= 0.6 is 0 Å². The molecule has 1 rings (SSSR count). The quantitative estimate of drug-likeness (QED) is 0.592. The minimum Gasteiger partial charge on any atom is -0.465 e. The van der Waals surface area contributed by atoms with E-state index in [1.807, 2.05) is 6.92 Å². The molecule has 0 saturated carbocycles. The van der Waals surface area contributed by atoms with Crippen molar-refractivity contribution in [2.24, 2.45) is 5.73 Å². The molecule has 20 heavy (non-hydrogen) atoms. The minimum absolute atomic E-state index is 0.0176. The predicted octanol–water partition coefficient (Wildman–Crippen LogP) is 2.24. The zero-order chi connectivity index (χ0) is 15.0. The summed E-state index contributed by atoms with van der Waals surface area (Å²) in [6.07, 6.45) is 3.23. The zero-order valence-electron chi connectivity index (χ0n) is 12.1. The second kappa shape index (κ2) is 8.32. The number of ether oxygens (including phenoxy) is 1. The number of hydrogen-bond acceptors (Lipinski definition) is 4. The van der Waals surface area contributed by atoms with Crippen LogP contribution in [0.5, 0.6) is 0 Å². The largest absolute Gasteiger partial charge is 0.465 e. The molecular formula is C15H22N2O3. The van der Waals surface area contributed by atoms with Gasteiger partial charge in [0.1, 0.15) is 0 Å². The Morgan fingerprint density at radius 1 is 1.25 bits per heavy atom. The predicted molar refractivity (Wildman–Crippen MR) is 78.7 cm³/mol. The lowest BCUT2D eigenvalue weighted by molar-refractivity contribution is -0.116. The lowest BCUT2D eigenvalue weighted by Gasteiger charge is -2.09. The zero-order valence-corrected chi connectivity index (χ0v) is 12.1. The van der Waals surface area contributed by atoms with E-state index in [1.165, 1.54) is 7.11 Å². The third kappa shape index (κ3) is 5.01. The first-order valence-corrected chi connectivity index (χ1v) is 6.77. The van der Waals surface area contributed by atoms with Gasteiger partial charge in [0, 0.05) is 12.1 Å². The molecule has 1 amide bonds. The molecule has 0 fully saturated rings. The number of nitrogens with one attached hydrogen (secondary N) is 1. The van der Waals surface area contributed by atoms with Gasteiger partial charge in [-0.3, -0.25) is 4.79 Å².